The first-order valence-electron chi connectivity index (χ1n) is 21.4. The summed E-state index contributed by atoms with van der Waals surface area (Å²) in [5.74, 6) is -9.07. The second-order valence-corrected chi connectivity index (χ2v) is 16.4. The number of hydrogen-bond acceptors (Lipinski definition) is 12. The zero-order valence-corrected chi connectivity index (χ0v) is 36.0. The molecule has 24 heteroatoms. The van der Waals surface area contributed by atoms with Crippen molar-refractivity contribution in [3.05, 3.63) is 35.4 Å². The number of primary amides is 1. The number of fused-ring (bicyclic) bond motifs is 2. The maximum atomic E-state index is 13.7. The highest BCUT2D eigenvalue weighted by Crippen LogP contribution is 2.31. The topological polar surface area (TPSA) is 346 Å². The van der Waals surface area contributed by atoms with Gasteiger partial charge < -0.3 is 63.4 Å². The molecule has 3 saturated heterocycles. The van der Waals surface area contributed by atoms with Crippen LogP contribution in [-0.4, -0.2) is 163 Å². The Labute approximate surface area is 373 Å². The molecule has 1 saturated carbocycles. The second kappa shape index (κ2) is 22.5. The Kier molecular flexibility index (Phi) is 16.9. The Hall–Kier alpha value is -7.14. The molecule has 3 heterocycles. The van der Waals surface area contributed by atoms with Gasteiger partial charge in [-0.3, -0.25) is 57.5 Å². The molecule has 1 aromatic carbocycles. The highest BCUT2D eigenvalue weighted by molar-refractivity contribution is 5.99. The number of aryl methyl sites for hydroxylation is 1. The summed E-state index contributed by atoms with van der Waals surface area (Å²) in [4.78, 5) is 158. The van der Waals surface area contributed by atoms with Crippen molar-refractivity contribution >= 4 is 70.9 Å². The van der Waals surface area contributed by atoms with Crippen molar-refractivity contribution in [2.45, 2.75) is 94.4 Å². The van der Waals surface area contributed by atoms with Gasteiger partial charge in [-0.15, -0.1) is 0 Å². The van der Waals surface area contributed by atoms with Crippen LogP contribution in [0.3, 0.4) is 0 Å². The zero-order valence-electron chi connectivity index (χ0n) is 36.0. The zero-order chi connectivity index (χ0) is 47.3. The lowest BCUT2D eigenvalue weighted by Gasteiger charge is -2.40. The minimum absolute atomic E-state index is 0.0225. The van der Waals surface area contributed by atoms with Gasteiger partial charge >= 0.3 is 0 Å². The minimum atomic E-state index is -1.54. The summed E-state index contributed by atoms with van der Waals surface area (Å²) in [5, 5.41) is 21.9. The van der Waals surface area contributed by atoms with E-state index < -0.39 is 146 Å². The summed E-state index contributed by atoms with van der Waals surface area (Å²) in [7, 11) is 0. The van der Waals surface area contributed by atoms with Crippen molar-refractivity contribution in [2.75, 3.05) is 52.4 Å². The Bertz CT molecular complexity index is 2060. The van der Waals surface area contributed by atoms with Gasteiger partial charge in [0.1, 0.15) is 29.7 Å². The molecular formula is C41H56N12O12. The number of nitrogens with two attached hydrogens (primary N) is 1. The highest BCUT2D eigenvalue weighted by Gasteiger charge is 2.45. The number of carbonyl (C=O) groups is 12. The molecule has 1 aromatic rings. The number of benzene rings is 1. The van der Waals surface area contributed by atoms with E-state index >= 15 is 0 Å². The van der Waals surface area contributed by atoms with Crippen molar-refractivity contribution < 1.29 is 57.5 Å². The highest BCUT2D eigenvalue weighted by atomic mass is 16.2. The molecule has 3 aliphatic heterocycles. The van der Waals surface area contributed by atoms with Crippen LogP contribution < -0.4 is 53.6 Å². The van der Waals surface area contributed by atoms with Crippen molar-refractivity contribution in [1.29, 1.82) is 0 Å². The summed E-state index contributed by atoms with van der Waals surface area (Å²) >= 11 is 0. The number of amides is 12. The lowest BCUT2D eigenvalue weighted by Crippen LogP contribution is -2.62. The maximum Gasteiger partial charge on any atom is 0.246 e. The van der Waals surface area contributed by atoms with Crippen LogP contribution in [0, 0.1) is 6.92 Å². The smallest absolute Gasteiger partial charge is 0.246 e. The van der Waals surface area contributed by atoms with Crippen LogP contribution in [0.5, 0.6) is 0 Å². The van der Waals surface area contributed by atoms with Gasteiger partial charge in [0.05, 0.1) is 45.7 Å². The van der Waals surface area contributed by atoms with Crippen molar-refractivity contribution in [1.82, 2.24) is 57.7 Å². The Morgan fingerprint density at radius 1 is 0.600 bits per heavy atom. The van der Waals surface area contributed by atoms with E-state index in [0.717, 1.165) is 5.56 Å². The van der Waals surface area contributed by atoms with Crippen molar-refractivity contribution in [3.63, 3.8) is 0 Å². The van der Waals surface area contributed by atoms with Crippen molar-refractivity contribution in [2.24, 2.45) is 5.73 Å². The van der Waals surface area contributed by atoms with Gasteiger partial charge in [0, 0.05) is 19.5 Å². The van der Waals surface area contributed by atoms with Crippen LogP contribution in [0.1, 0.15) is 62.5 Å². The maximum absolute atomic E-state index is 13.7. The molecule has 0 aromatic heterocycles. The van der Waals surface area contributed by atoms with Crippen LogP contribution in [-0.2, 0) is 64.0 Å². The SMILES string of the molecule is Cc1ccc(CC2NC(=O)C3CCN3C(=O)CNC(=O)CNC(=O)CNC(=O)CC(C(N)=O)NC(=O)CNC(=O)C3(CCCC3)NC(=O)C3CCCN3C(=O)CNC(=O)CNC2=O)cc1. The molecule has 1 spiro atoms. The number of nitrogens with zero attached hydrogens (tertiary/aromatic N) is 2. The summed E-state index contributed by atoms with van der Waals surface area (Å²) in [6.07, 6.45) is 1.91. The monoisotopic (exact) mass is 908 g/mol. The van der Waals surface area contributed by atoms with E-state index in [9.17, 15) is 57.5 Å². The molecule has 0 radical (unpaired) electrons. The largest absolute Gasteiger partial charge is 0.368 e. The van der Waals surface area contributed by atoms with Gasteiger partial charge in [-0.25, -0.2) is 0 Å². The molecule has 24 nitrogen and oxygen atoms in total. The van der Waals surface area contributed by atoms with Gasteiger partial charge in [0.2, 0.25) is 70.9 Å². The number of rotatable bonds is 3. The molecule has 352 valence electrons. The summed E-state index contributed by atoms with van der Waals surface area (Å²) < 4.78 is 0. The molecule has 4 unspecified atom stereocenters. The van der Waals surface area contributed by atoms with Crippen LogP contribution in [0.25, 0.3) is 0 Å². The fourth-order valence-electron chi connectivity index (χ4n) is 7.88. The molecular weight excluding hydrogens is 853 g/mol. The summed E-state index contributed by atoms with van der Waals surface area (Å²) in [6, 6.07) is 2.51. The molecule has 0 bridgehead atoms. The van der Waals surface area contributed by atoms with Crippen LogP contribution in [0.4, 0.5) is 0 Å². The summed E-state index contributed by atoms with van der Waals surface area (Å²) in [6.45, 7) is -1.26. The quantitative estimate of drug-likeness (QED) is 0.136. The molecule has 4 fully saturated rings. The molecule has 1 aliphatic carbocycles. The first-order valence-corrected chi connectivity index (χ1v) is 21.4. The third kappa shape index (κ3) is 13.7. The van der Waals surface area contributed by atoms with E-state index in [1.807, 2.05) is 19.1 Å². The van der Waals surface area contributed by atoms with E-state index in [0.29, 0.717) is 24.8 Å². The lowest BCUT2D eigenvalue weighted by atomic mass is 9.95. The van der Waals surface area contributed by atoms with Gasteiger partial charge in [-0.05, 0) is 44.6 Å². The number of hydrogen-bond donors (Lipinski definition) is 10. The number of nitrogens with one attached hydrogen (secondary N) is 9. The first-order chi connectivity index (χ1) is 30.9. The average molecular weight is 909 g/mol. The molecule has 5 rings (SSSR count). The van der Waals surface area contributed by atoms with E-state index in [-0.39, 0.29) is 45.2 Å². The number of carbonyl (C=O) groups excluding carboxylic acids is 12. The minimum Gasteiger partial charge on any atom is -0.368 e. The van der Waals surface area contributed by atoms with E-state index in [1.54, 1.807) is 12.1 Å². The van der Waals surface area contributed by atoms with Crippen molar-refractivity contribution in [3.8, 4) is 0 Å². The van der Waals surface area contributed by atoms with E-state index in [2.05, 4.69) is 47.9 Å². The van der Waals surface area contributed by atoms with Gasteiger partial charge in [-0.1, -0.05) is 42.7 Å². The van der Waals surface area contributed by atoms with E-state index in [1.165, 1.54) is 9.80 Å². The van der Waals surface area contributed by atoms with Crippen LogP contribution >= 0.6 is 0 Å². The Morgan fingerprint density at radius 2 is 1.14 bits per heavy atom. The normalized spacial score (nSPS) is 25.4. The van der Waals surface area contributed by atoms with Gasteiger partial charge in [0.25, 0.3) is 0 Å². The molecule has 4 atom stereocenters. The van der Waals surface area contributed by atoms with Gasteiger partial charge in [0.15, 0.2) is 0 Å². The summed E-state index contributed by atoms with van der Waals surface area (Å²) in [5.41, 5.74) is 5.61. The van der Waals surface area contributed by atoms with Crippen LogP contribution in [0.15, 0.2) is 24.3 Å². The first kappa shape index (κ1) is 48.9. The third-order valence-electron chi connectivity index (χ3n) is 11.6. The molecule has 4 aliphatic rings. The lowest BCUT2D eigenvalue weighted by molar-refractivity contribution is -0.148. The fraction of sp³-hybridized carbons (Fsp3) is 0.561. The Morgan fingerprint density at radius 3 is 1.72 bits per heavy atom. The fourth-order valence-corrected chi connectivity index (χ4v) is 7.88. The predicted molar refractivity (Wildman–Crippen MR) is 225 cm³/mol. The van der Waals surface area contributed by atoms with Gasteiger partial charge in [-0.2, -0.15) is 0 Å². The van der Waals surface area contributed by atoms with Crippen LogP contribution in [0.2, 0.25) is 0 Å². The molecule has 12 amide bonds. The Balaban J connectivity index is 1.28. The van der Waals surface area contributed by atoms with E-state index in [4.69, 9.17) is 5.73 Å². The molecule has 65 heavy (non-hydrogen) atoms. The third-order valence-corrected chi connectivity index (χ3v) is 11.6. The average Bonchev–Trinajstić information content (AvgIpc) is 3.95. The predicted octanol–water partition coefficient (Wildman–Crippen LogP) is -5.89. The standard InChI is InChI=1S/C41H56N12O12/c1-23-6-8-24(9-7-23)15-26-37(62)47-19-32(57)46-21-34(59)52-13-4-5-27(52)39(64)51-41(11-2-3-12-41)40(65)48-20-33(58)49-25(36(42)61)16-29(54)43-17-30(55)44-18-31(56)45-22-35(60)53-14-10-28(53)38(63)50-26/h6-9,25-28H,2-5,10-22H2,1H3,(H2,42,61)(H,43,54)(H,44,55)(H,45,56)(H,46,57)(H,47,62)(H,48,65)(H,49,58)(H,50,63)(H,51,64). The second-order valence-electron chi connectivity index (χ2n) is 16.4. The molecule has 11 N–H and O–H groups in total.